The molecule has 0 aliphatic heterocycles. The molecule has 2 heteroatoms. The first-order valence-corrected chi connectivity index (χ1v) is 5.54. The molecular weight excluding hydrogens is 172 g/mol. The lowest BCUT2D eigenvalue weighted by Crippen LogP contribution is -1.98. The average molecular weight is 192 g/mol. The molecule has 0 atom stereocenters. The second-order valence-electron chi connectivity index (χ2n) is 4.06. The highest BCUT2D eigenvalue weighted by atomic mass is 14.9. The van der Waals surface area contributed by atoms with E-state index in [1.807, 2.05) is 12.4 Å². The van der Waals surface area contributed by atoms with Crippen LogP contribution < -0.4 is 0 Å². The monoisotopic (exact) mass is 192 g/mol. The van der Waals surface area contributed by atoms with Crippen LogP contribution in [0, 0.1) is 0 Å². The van der Waals surface area contributed by atoms with Gasteiger partial charge < -0.3 is 0 Å². The number of nitrogens with zero attached hydrogens (tertiary/aromatic N) is 2. The molecule has 1 heterocycles. The van der Waals surface area contributed by atoms with Crippen molar-refractivity contribution in [1.29, 1.82) is 0 Å². The Kier molecular flexibility index (Phi) is 4.57. The van der Waals surface area contributed by atoms with Gasteiger partial charge in [-0.05, 0) is 18.4 Å². The normalized spacial score (nSPS) is 10.9. The van der Waals surface area contributed by atoms with E-state index in [0.29, 0.717) is 5.92 Å². The first kappa shape index (κ1) is 11.2. The summed E-state index contributed by atoms with van der Waals surface area (Å²) < 4.78 is 0. The lowest BCUT2D eigenvalue weighted by atomic mass is 10.1. The van der Waals surface area contributed by atoms with Gasteiger partial charge in [0, 0.05) is 18.3 Å². The van der Waals surface area contributed by atoms with Gasteiger partial charge in [0.15, 0.2) is 0 Å². The molecule has 0 fully saturated rings. The fourth-order valence-electron chi connectivity index (χ4n) is 1.37. The largest absolute Gasteiger partial charge is 0.241 e. The van der Waals surface area contributed by atoms with E-state index < -0.39 is 0 Å². The summed E-state index contributed by atoms with van der Waals surface area (Å²) in [5.74, 6) is 1.38. The minimum atomic E-state index is 0.430. The average Bonchev–Trinajstić information content (AvgIpc) is 2.19. The summed E-state index contributed by atoms with van der Waals surface area (Å²) in [6.07, 6.45) is 8.87. The van der Waals surface area contributed by atoms with Gasteiger partial charge in [0.05, 0.1) is 0 Å². The third-order valence-electron chi connectivity index (χ3n) is 2.31. The Morgan fingerprint density at radius 3 is 2.29 bits per heavy atom. The van der Waals surface area contributed by atoms with Crippen LogP contribution in [-0.4, -0.2) is 9.97 Å². The number of hydrogen-bond acceptors (Lipinski definition) is 2. The highest BCUT2D eigenvalue weighted by Crippen LogP contribution is 2.09. The lowest BCUT2D eigenvalue weighted by molar-refractivity contribution is 0.706. The highest BCUT2D eigenvalue weighted by Gasteiger charge is 2.01. The molecule has 0 aliphatic rings. The van der Waals surface area contributed by atoms with E-state index in [0.717, 1.165) is 12.2 Å². The van der Waals surface area contributed by atoms with Crippen LogP contribution in [0.1, 0.15) is 57.3 Å². The maximum absolute atomic E-state index is 4.35. The smallest absolute Gasteiger partial charge is 0.130 e. The topological polar surface area (TPSA) is 25.8 Å². The first-order chi connectivity index (χ1) is 6.74. The van der Waals surface area contributed by atoms with Gasteiger partial charge in [-0.2, -0.15) is 0 Å². The van der Waals surface area contributed by atoms with Gasteiger partial charge in [0.2, 0.25) is 0 Å². The van der Waals surface area contributed by atoms with Crippen LogP contribution in [0.4, 0.5) is 0 Å². The van der Waals surface area contributed by atoms with E-state index >= 15 is 0 Å². The molecule has 14 heavy (non-hydrogen) atoms. The summed E-state index contributed by atoms with van der Waals surface area (Å²) >= 11 is 0. The molecule has 0 bridgehead atoms. The van der Waals surface area contributed by atoms with Crippen LogP contribution in [0.2, 0.25) is 0 Å². The zero-order valence-electron chi connectivity index (χ0n) is 9.45. The van der Waals surface area contributed by atoms with Gasteiger partial charge >= 0.3 is 0 Å². The van der Waals surface area contributed by atoms with Crippen molar-refractivity contribution < 1.29 is 0 Å². The summed E-state index contributed by atoms with van der Waals surface area (Å²) in [5.41, 5.74) is 1.27. The molecule has 78 valence electrons. The number of aromatic nitrogens is 2. The Hall–Kier alpha value is -0.920. The van der Waals surface area contributed by atoms with E-state index in [2.05, 4.69) is 30.7 Å². The molecule has 2 nitrogen and oxygen atoms in total. The Morgan fingerprint density at radius 1 is 1.14 bits per heavy atom. The maximum Gasteiger partial charge on any atom is 0.130 e. The Balaban J connectivity index is 2.47. The van der Waals surface area contributed by atoms with Crippen LogP contribution in [0.15, 0.2) is 12.4 Å². The van der Waals surface area contributed by atoms with Gasteiger partial charge in [-0.3, -0.25) is 0 Å². The molecular formula is C12H20N2. The van der Waals surface area contributed by atoms with E-state index in [9.17, 15) is 0 Å². The molecule has 0 radical (unpaired) electrons. The van der Waals surface area contributed by atoms with Crippen molar-refractivity contribution in [1.82, 2.24) is 9.97 Å². The van der Waals surface area contributed by atoms with Gasteiger partial charge in [0.25, 0.3) is 0 Å². The zero-order valence-corrected chi connectivity index (χ0v) is 9.45. The van der Waals surface area contributed by atoms with Gasteiger partial charge in [-0.1, -0.05) is 33.6 Å². The molecule has 0 spiro atoms. The summed E-state index contributed by atoms with van der Waals surface area (Å²) in [7, 11) is 0. The summed E-state index contributed by atoms with van der Waals surface area (Å²) in [6.45, 7) is 6.45. The summed E-state index contributed by atoms with van der Waals surface area (Å²) in [5, 5.41) is 0. The second kappa shape index (κ2) is 5.74. The predicted molar refractivity (Wildman–Crippen MR) is 59.4 cm³/mol. The molecule has 0 amide bonds. The van der Waals surface area contributed by atoms with Crippen LogP contribution in [0.5, 0.6) is 0 Å². The summed E-state index contributed by atoms with van der Waals surface area (Å²) in [6, 6.07) is 0. The van der Waals surface area contributed by atoms with Gasteiger partial charge in [-0.15, -0.1) is 0 Å². The van der Waals surface area contributed by atoms with Crippen molar-refractivity contribution in [2.75, 3.05) is 0 Å². The molecule has 0 N–H and O–H groups in total. The SMILES string of the molecule is CCCCCc1cnc(C(C)C)nc1. The second-order valence-corrected chi connectivity index (χ2v) is 4.06. The van der Waals surface area contributed by atoms with Crippen molar-refractivity contribution in [3.63, 3.8) is 0 Å². The fourth-order valence-corrected chi connectivity index (χ4v) is 1.37. The summed E-state index contributed by atoms with van der Waals surface area (Å²) in [4.78, 5) is 8.69. The molecule has 1 aromatic heterocycles. The number of rotatable bonds is 5. The minimum absolute atomic E-state index is 0.430. The molecule has 0 saturated heterocycles. The predicted octanol–water partition coefficient (Wildman–Crippen LogP) is 3.33. The number of aryl methyl sites for hydroxylation is 1. The maximum atomic E-state index is 4.35. The Bertz CT molecular complexity index is 252. The molecule has 1 aromatic rings. The zero-order chi connectivity index (χ0) is 10.4. The first-order valence-electron chi connectivity index (χ1n) is 5.54. The van der Waals surface area contributed by atoms with Crippen LogP contribution in [-0.2, 0) is 6.42 Å². The molecule has 0 aromatic carbocycles. The van der Waals surface area contributed by atoms with Crippen molar-refractivity contribution >= 4 is 0 Å². The van der Waals surface area contributed by atoms with Crippen LogP contribution in [0.3, 0.4) is 0 Å². The minimum Gasteiger partial charge on any atom is -0.241 e. The Morgan fingerprint density at radius 2 is 1.79 bits per heavy atom. The van der Waals surface area contributed by atoms with E-state index in [1.54, 1.807) is 0 Å². The van der Waals surface area contributed by atoms with E-state index in [-0.39, 0.29) is 0 Å². The van der Waals surface area contributed by atoms with Gasteiger partial charge in [-0.25, -0.2) is 9.97 Å². The van der Waals surface area contributed by atoms with Crippen LogP contribution >= 0.6 is 0 Å². The number of hydrogen-bond donors (Lipinski definition) is 0. The Labute approximate surface area is 86.8 Å². The molecule has 0 saturated carbocycles. The lowest BCUT2D eigenvalue weighted by Gasteiger charge is -2.04. The quantitative estimate of drug-likeness (QED) is 0.669. The van der Waals surface area contributed by atoms with E-state index in [4.69, 9.17) is 0 Å². The van der Waals surface area contributed by atoms with Crippen molar-refractivity contribution in [2.24, 2.45) is 0 Å². The molecule has 0 unspecified atom stereocenters. The van der Waals surface area contributed by atoms with Crippen molar-refractivity contribution in [3.05, 3.63) is 23.8 Å². The van der Waals surface area contributed by atoms with E-state index in [1.165, 1.54) is 24.8 Å². The fraction of sp³-hybridized carbons (Fsp3) is 0.667. The van der Waals surface area contributed by atoms with Gasteiger partial charge in [0.1, 0.15) is 5.82 Å². The van der Waals surface area contributed by atoms with Crippen molar-refractivity contribution in [2.45, 2.75) is 52.4 Å². The molecule has 0 aliphatic carbocycles. The third-order valence-corrected chi connectivity index (χ3v) is 2.31. The van der Waals surface area contributed by atoms with Crippen molar-refractivity contribution in [3.8, 4) is 0 Å². The highest BCUT2D eigenvalue weighted by molar-refractivity contribution is 5.06. The van der Waals surface area contributed by atoms with Crippen LogP contribution in [0.25, 0.3) is 0 Å². The standard InChI is InChI=1S/C12H20N2/c1-4-5-6-7-11-8-13-12(10(2)3)14-9-11/h8-10H,4-7H2,1-3H3. The molecule has 1 rings (SSSR count). The third kappa shape index (κ3) is 3.44. The number of unbranched alkanes of at least 4 members (excludes halogenated alkanes) is 2.